The monoisotopic (exact) mass is 472 g/mol. The van der Waals surface area contributed by atoms with Crippen molar-refractivity contribution in [2.75, 3.05) is 4.90 Å². The third-order valence-corrected chi connectivity index (χ3v) is 5.10. The van der Waals surface area contributed by atoms with Gasteiger partial charge >= 0.3 is 6.03 Å². The SMILES string of the molecule is O=C1NC(=O)N(c2ccc(Cl)cc2)C(=O)/C1=C/c1cc(Br)c(Br)o1. The lowest BCUT2D eigenvalue weighted by Crippen LogP contribution is -2.54. The average Bonchev–Trinajstić information content (AvgIpc) is 2.83. The van der Waals surface area contributed by atoms with E-state index < -0.39 is 17.8 Å². The van der Waals surface area contributed by atoms with Crippen LogP contribution in [0.5, 0.6) is 0 Å². The van der Waals surface area contributed by atoms with Gasteiger partial charge in [-0.05, 0) is 68.3 Å². The summed E-state index contributed by atoms with van der Waals surface area (Å²) in [5.41, 5.74) is 0.0698. The summed E-state index contributed by atoms with van der Waals surface area (Å²) in [4.78, 5) is 37.5. The van der Waals surface area contributed by atoms with Crippen LogP contribution in [0.3, 0.4) is 0 Å². The molecule has 0 radical (unpaired) electrons. The van der Waals surface area contributed by atoms with Gasteiger partial charge in [0.25, 0.3) is 11.8 Å². The predicted octanol–water partition coefficient (Wildman–Crippen LogP) is 4.12. The maximum absolute atomic E-state index is 12.6. The second-order valence-corrected chi connectivity index (χ2v) is 6.72. The number of amides is 4. The highest BCUT2D eigenvalue weighted by Crippen LogP contribution is 2.29. The van der Waals surface area contributed by atoms with Crippen molar-refractivity contribution in [2.24, 2.45) is 0 Å². The number of anilines is 1. The molecule has 1 aromatic heterocycles. The van der Waals surface area contributed by atoms with Gasteiger partial charge in [-0.1, -0.05) is 11.6 Å². The summed E-state index contributed by atoms with van der Waals surface area (Å²) in [6.45, 7) is 0. The van der Waals surface area contributed by atoms with Gasteiger partial charge in [-0.3, -0.25) is 14.9 Å². The molecular formula is C15H7Br2ClN2O4. The summed E-state index contributed by atoms with van der Waals surface area (Å²) in [5, 5.41) is 2.58. The molecule has 1 aliphatic heterocycles. The highest BCUT2D eigenvalue weighted by molar-refractivity contribution is 9.13. The molecule has 0 unspecified atom stereocenters. The van der Waals surface area contributed by atoms with Crippen LogP contribution in [0.1, 0.15) is 5.76 Å². The van der Waals surface area contributed by atoms with Crippen LogP contribution >= 0.6 is 43.5 Å². The van der Waals surface area contributed by atoms with Gasteiger partial charge in [-0.2, -0.15) is 0 Å². The first kappa shape index (κ1) is 16.9. The van der Waals surface area contributed by atoms with Crippen LogP contribution in [0, 0.1) is 0 Å². The molecule has 1 saturated heterocycles. The number of rotatable bonds is 2. The number of carbonyl (C=O) groups is 3. The molecule has 1 fully saturated rings. The number of imide groups is 2. The quantitative estimate of drug-likeness (QED) is 0.525. The summed E-state index contributed by atoms with van der Waals surface area (Å²) in [6, 6.07) is 6.85. The molecule has 0 spiro atoms. The van der Waals surface area contributed by atoms with Gasteiger partial charge in [0.15, 0.2) is 4.67 Å². The third kappa shape index (κ3) is 3.17. The minimum Gasteiger partial charge on any atom is -0.449 e. The van der Waals surface area contributed by atoms with Crippen molar-refractivity contribution in [2.45, 2.75) is 0 Å². The Morgan fingerprint density at radius 2 is 1.79 bits per heavy atom. The third-order valence-electron chi connectivity index (χ3n) is 3.14. The number of furan rings is 1. The normalized spacial score (nSPS) is 16.7. The molecule has 122 valence electrons. The molecule has 4 amide bonds. The fourth-order valence-corrected chi connectivity index (χ4v) is 2.79. The van der Waals surface area contributed by atoms with Crippen molar-refractivity contribution in [1.29, 1.82) is 0 Å². The van der Waals surface area contributed by atoms with E-state index in [0.717, 1.165) is 4.90 Å². The van der Waals surface area contributed by atoms with E-state index in [1.807, 2.05) is 0 Å². The highest BCUT2D eigenvalue weighted by atomic mass is 79.9. The Kier molecular flexibility index (Phi) is 4.62. The zero-order valence-corrected chi connectivity index (χ0v) is 15.6. The molecule has 2 aromatic rings. The first-order valence-electron chi connectivity index (χ1n) is 6.48. The number of hydrogen-bond acceptors (Lipinski definition) is 4. The summed E-state index contributed by atoms with van der Waals surface area (Å²) < 4.78 is 6.39. The Labute approximate surface area is 157 Å². The summed E-state index contributed by atoms with van der Waals surface area (Å²) in [6.07, 6.45) is 1.27. The minimum atomic E-state index is -0.828. The molecule has 0 saturated carbocycles. The molecule has 9 heteroatoms. The van der Waals surface area contributed by atoms with E-state index in [4.69, 9.17) is 16.0 Å². The van der Waals surface area contributed by atoms with Crippen LogP contribution in [-0.2, 0) is 9.59 Å². The van der Waals surface area contributed by atoms with Crippen molar-refractivity contribution < 1.29 is 18.8 Å². The Balaban J connectivity index is 2.01. The van der Waals surface area contributed by atoms with E-state index >= 15 is 0 Å². The van der Waals surface area contributed by atoms with Crippen molar-refractivity contribution in [3.8, 4) is 0 Å². The number of hydrogen-bond donors (Lipinski definition) is 1. The Morgan fingerprint density at radius 3 is 2.38 bits per heavy atom. The lowest BCUT2D eigenvalue weighted by Gasteiger charge is -2.26. The molecule has 1 aromatic carbocycles. The highest BCUT2D eigenvalue weighted by Gasteiger charge is 2.37. The number of nitrogens with one attached hydrogen (secondary N) is 1. The molecular weight excluding hydrogens is 467 g/mol. The fraction of sp³-hybridized carbons (Fsp3) is 0. The lowest BCUT2D eigenvalue weighted by atomic mass is 10.1. The maximum atomic E-state index is 12.6. The van der Waals surface area contributed by atoms with Crippen molar-refractivity contribution in [3.05, 3.63) is 55.8 Å². The standard InChI is InChI=1S/C15H7Br2ClN2O4/c16-11-6-9(24-12(11)17)5-10-13(21)19-15(23)20(14(10)22)8-3-1-7(18)2-4-8/h1-6H,(H,19,21,23)/b10-5+. The van der Waals surface area contributed by atoms with E-state index in [0.29, 0.717) is 19.9 Å². The summed E-state index contributed by atoms with van der Waals surface area (Å²) in [5.74, 6) is -1.27. The first-order chi connectivity index (χ1) is 11.4. The Morgan fingerprint density at radius 1 is 1.12 bits per heavy atom. The molecule has 3 rings (SSSR count). The number of urea groups is 1. The van der Waals surface area contributed by atoms with Crippen molar-refractivity contribution >= 4 is 73.1 Å². The summed E-state index contributed by atoms with van der Waals surface area (Å²) >= 11 is 12.2. The zero-order valence-electron chi connectivity index (χ0n) is 11.7. The second kappa shape index (κ2) is 6.54. The van der Waals surface area contributed by atoms with Crippen molar-refractivity contribution in [1.82, 2.24) is 5.32 Å². The lowest BCUT2D eigenvalue weighted by molar-refractivity contribution is -0.122. The van der Waals surface area contributed by atoms with Gasteiger partial charge < -0.3 is 4.42 Å². The van der Waals surface area contributed by atoms with Gasteiger partial charge in [0.1, 0.15) is 11.3 Å². The topological polar surface area (TPSA) is 79.6 Å². The Bertz CT molecular complexity index is 870. The number of nitrogens with zero attached hydrogens (tertiary/aromatic N) is 1. The largest absolute Gasteiger partial charge is 0.449 e. The van der Waals surface area contributed by atoms with Crippen LogP contribution < -0.4 is 10.2 Å². The van der Waals surface area contributed by atoms with E-state index in [1.165, 1.54) is 30.3 Å². The average molecular weight is 474 g/mol. The maximum Gasteiger partial charge on any atom is 0.335 e. The number of barbiturate groups is 1. The molecule has 0 bridgehead atoms. The van der Waals surface area contributed by atoms with Gasteiger partial charge in [0.05, 0.1) is 10.2 Å². The van der Waals surface area contributed by atoms with Gasteiger partial charge in [-0.25, -0.2) is 9.69 Å². The molecule has 0 atom stereocenters. The van der Waals surface area contributed by atoms with Gasteiger partial charge in [0.2, 0.25) is 0 Å². The van der Waals surface area contributed by atoms with Gasteiger partial charge in [-0.15, -0.1) is 0 Å². The fourth-order valence-electron chi connectivity index (χ4n) is 2.06. The first-order valence-corrected chi connectivity index (χ1v) is 8.45. The molecule has 0 aliphatic carbocycles. The van der Waals surface area contributed by atoms with E-state index in [1.54, 1.807) is 6.07 Å². The van der Waals surface area contributed by atoms with Crippen LogP contribution in [0.15, 0.2) is 49.5 Å². The van der Waals surface area contributed by atoms with Crippen molar-refractivity contribution in [3.63, 3.8) is 0 Å². The van der Waals surface area contributed by atoms with E-state index in [-0.39, 0.29) is 11.3 Å². The summed E-state index contributed by atoms with van der Waals surface area (Å²) in [7, 11) is 0. The van der Waals surface area contributed by atoms with Crippen LogP contribution in [0.4, 0.5) is 10.5 Å². The molecule has 2 heterocycles. The predicted molar refractivity (Wildman–Crippen MR) is 94.6 cm³/mol. The van der Waals surface area contributed by atoms with Crippen LogP contribution in [0.2, 0.25) is 5.02 Å². The number of benzene rings is 1. The zero-order chi connectivity index (χ0) is 17.4. The van der Waals surface area contributed by atoms with Gasteiger partial charge in [0, 0.05) is 5.02 Å². The second-order valence-electron chi connectivity index (χ2n) is 4.70. The Hall–Kier alpha value is -1.90. The molecule has 1 aliphatic rings. The molecule has 1 N–H and O–H groups in total. The molecule has 24 heavy (non-hydrogen) atoms. The molecule has 6 nitrogen and oxygen atoms in total. The van der Waals surface area contributed by atoms with Crippen LogP contribution in [-0.4, -0.2) is 17.8 Å². The van der Waals surface area contributed by atoms with E-state index in [9.17, 15) is 14.4 Å². The smallest absolute Gasteiger partial charge is 0.335 e. The number of halogens is 3. The van der Waals surface area contributed by atoms with Crippen LogP contribution in [0.25, 0.3) is 6.08 Å². The minimum absolute atomic E-state index is 0.224. The van der Waals surface area contributed by atoms with E-state index in [2.05, 4.69) is 37.2 Å². The number of carbonyl (C=O) groups excluding carboxylic acids is 3.